The summed E-state index contributed by atoms with van der Waals surface area (Å²) < 4.78 is 40.2. The van der Waals surface area contributed by atoms with Crippen molar-refractivity contribution in [3.05, 3.63) is 81.9 Å². The molecule has 0 aromatic heterocycles. The number of ether oxygens (including phenoxy) is 2. The lowest BCUT2D eigenvalue weighted by molar-refractivity contribution is -0.0374. The van der Waals surface area contributed by atoms with Crippen molar-refractivity contribution < 1.29 is 33.0 Å². The van der Waals surface area contributed by atoms with Crippen molar-refractivity contribution in [3.63, 3.8) is 0 Å². The molecular weight excluding hydrogens is 552 g/mol. The minimum Gasteiger partial charge on any atom is -0.440 e. The van der Waals surface area contributed by atoms with Crippen LogP contribution in [0.5, 0.6) is 0 Å². The number of carbonyl (C=O) groups is 2. The maximum atomic E-state index is 14.2. The smallest absolute Gasteiger partial charge is 0.410 e. The summed E-state index contributed by atoms with van der Waals surface area (Å²) in [4.78, 5) is 29.1. The Hall–Kier alpha value is -3.10. The quantitative estimate of drug-likeness (QED) is 0.309. The molecule has 8 heteroatoms. The molecule has 5 aliphatic rings. The topological polar surface area (TPSA) is 76.1 Å². The highest BCUT2D eigenvalue weighted by Crippen LogP contribution is 2.61. The van der Waals surface area contributed by atoms with Crippen molar-refractivity contribution in [3.8, 4) is 0 Å². The number of ketones is 1. The first-order valence-electron chi connectivity index (χ1n) is 15.6. The van der Waals surface area contributed by atoms with Gasteiger partial charge in [0.2, 0.25) is 0 Å². The molecule has 2 saturated heterocycles. The average Bonchev–Trinajstić information content (AvgIpc) is 3.67. The molecule has 2 aromatic rings. The van der Waals surface area contributed by atoms with E-state index in [1.807, 2.05) is 18.2 Å². The van der Waals surface area contributed by atoms with Crippen LogP contribution in [0.15, 0.2) is 48.0 Å². The van der Waals surface area contributed by atoms with Crippen LogP contribution in [0.3, 0.4) is 0 Å². The Labute approximate surface area is 252 Å². The molecule has 3 aliphatic carbocycles. The number of aliphatic hydroxyl groups is 1. The second kappa shape index (κ2) is 11.8. The highest BCUT2D eigenvalue weighted by molar-refractivity contribution is 6.10. The molecule has 7 rings (SSSR count). The Morgan fingerprint density at radius 3 is 2.70 bits per heavy atom. The van der Waals surface area contributed by atoms with Gasteiger partial charge in [0.25, 0.3) is 0 Å². The summed E-state index contributed by atoms with van der Waals surface area (Å²) in [6, 6.07) is 8.98. The summed E-state index contributed by atoms with van der Waals surface area (Å²) in [6.45, 7) is 5.97. The fraction of sp³-hybridized carbons (Fsp3) is 0.543. The third-order valence-electron chi connectivity index (χ3n) is 10.5. The molecule has 1 amide bonds. The van der Waals surface area contributed by atoms with Crippen molar-refractivity contribution in [2.45, 2.75) is 95.4 Å². The highest BCUT2D eigenvalue weighted by atomic mass is 19.2. The van der Waals surface area contributed by atoms with Crippen molar-refractivity contribution in [1.82, 2.24) is 4.90 Å². The van der Waals surface area contributed by atoms with Crippen molar-refractivity contribution in [2.24, 2.45) is 5.41 Å². The molecule has 2 aliphatic heterocycles. The Kier molecular flexibility index (Phi) is 8.20. The lowest BCUT2D eigenvalue weighted by Crippen LogP contribution is -2.48. The summed E-state index contributed by atoms with van der Waals surface area (Å²) in [5.41, 5.74) is 2.11. The fourth-order valence-electron chi connectivity index (χ4n) is 7.95. The van der Waals surface area contributed by atoms with Gasteiger partial charge in [-0.15, -0.1) is 0 Å². The second-order valence-electron chi connectivity index (χ2n) is 13.3. The molecule has 0 radical (unpaired) electrons. The van der Waals surface area contributed by atoms with Crippen molar-refractivity contribution in [1.29, 1.82) is 0 Å². The fourth-order valence-corrected chi connectivity index (χ4v) is 7.95. The third-order valence-corrected chi connectivity index (χ3v) is 10.5. The van der Waals surface area contributed by atoms with Gasteiger partial charge in [0.05, 0.1) is 25.3 Å². The number of amides is 1. The van der Waals surface area contributed by atoms with Crippen LogP contribution in [0.4, 0.5) is 13.6 Å². The van der Waals surface area contributed by atoms with E-state index in [2.05, 4.69) is 19.9 Å². The number of carbonyl (C=O) groups excluding carboxylic acids is 2. The number of fused-ring (bicyclic) bond motifs is 8. The van der Waals surface area contributed by atoms with Gasteiger partial charge in [-0.05, 0) is 106 Å². The van der Waals surface area contributed by atoms with E-state index in [0.29, 0.717) is 50.9 Å². The number of benzene rings is 2. The zero-order valence-electron chi connectivity index (χ0n) is 25.0. The van der Waals surface area contributed by atoms with E-state index < -0.39 is 28.8 Å². The summed E-state index contributed by atoms with van der Waals surface area (Å²) in [5, 5.41) is 10.8. The summed E-state index contributed by atoms with van der Waals surface area (Å²) in [5.74, 6) is -2.59. The second-order valence-corrected chi connectivity index (χ2v) is 13.3. The van der Waals surface area contributed by atoms with Crippen LogP contribution in [-0.2, 0) is 15.9 Å². The number of allylic oxidation sites excluding steroid dienone is 2. The number of halogens is 2. The first-order valence-corrected chi connectivity index (χ1v) is 15.6. The van der Waals surface area contributed by atoms with Crippen LogP contribution in [0.2, 0.25) is 0 Å². The van der Waals surface area contributed by atoms with E-state index in [0.717, 1.165) is 55.4 Å². The van der Waals surface area contributed by atoms with Gasteiger partial charge < -0.3 is 19.5 Å². The Bertz CT molecular complexity index is 1440. The molecule has 3 fully saturated rings. The van der Waals surface area contributed by atoms with Crippen LogP contribution in [0, 0.1) is 17.0 Å². The maximum absolute atomic E-state index is 14.2. The van der Waals surface area contributed by atoms with Gasteiger partial charge in [-0.1, -0.05) is 30.7 Å². The minimum atomic E-state index is -1.07. The molecule has 5 unspecified atom stereocenters. The van der Waals surface area contributed by atoms with Gasteiger partial charge in [0.1, 0.15) is 5.60 Å². The lowest BCUT2D eigenvalue weighted by Gasteiger charge is -2.43. The molecular formula is C35H41F2NO5. The minimum absolute atomic E-state index is 0.0190. The SMILES string of the molecule is CC1=CCCC2(C)C(CCC23CN(CC2CCCO2)C(=O)O3)c2ccc(cc2C(=O)c2ccc(F)c(F)c2)CC(O)CC1. The van der Waals surface area contributed by atoms with Gasteiger partial charge in [-0.3, -0.25) is 4.79 Å². The van der Waals surface area contributed by atoms with Crippen molar-refractivity contribution in [2.75, 3.05) is 19.7 Å². The Morgan fingerprint density at radius 1 is 1.09 bits per heavy atom. The molecule has 1 spiro atoms. The summed E-state index contributed by atoms with van der Waals surface area (Å²) in [6.07, 6.45) is 7.88. The first-order chi connectivity index (χ1) is 20.6. The molecule has 6 nitrogen and oxygen atoms in total. The van der Waals surface area contributed by atoms with E-state index in [9.17, 15) is 23.5 Å². The van der Waals surface area contributed by atoms with Gasteiger partial charge in [-0.25, -0.2) is 13.6 Å². The van der Waals surface area contributed by atoms with Crippen LogP contribution in [0.25, 0.3) is 0 Å². The van der Waals surface area contributed by atoms with E-state index in [1.54, 1.807) is 4.90 Å². The highest BCUT2D eigenvalue weighted by Gasteiger charge is 2.64. The molecule has 2 bridgehead atoms. The van der Waals surface area contributed by atoms with Crippen LogP contribution in [0.1, 0.15) is 98.2 Å². The van der Waals surface area contributed by atoms with E-state index in [1.165, 1.54) is 11.6 Å². The van der Waals surface area contributed by atoms with E-state index >= 15 is 0 Å². The number of rotatable bonds is 4. The maximum Gasteiger partial charge on any atom is 0.410 e. The summed E-state index contributed by atoms with van der Waals surface area (Å²) >= 11 is 0. The van der Waals surface area contributed by atoms with Crippen LogP contribution in [-0.4, -0.2) is 59.4 Å². The molecule has 43 heavy (non-hydrogen) atoms. The lowest BCUT2D eigenvalue weighted by atomic mass is 9.64. The van der Waals surface area contributed by atoms with E-state index in [-0.39, 0.29) is 29.5 Å². The van der Waals surface area contributed by atoms with Crippen LogP contribution < -0.4 is 0 Å². The molecule has 5 atom stereocenters. The van der Waals surface area contributed by atoms with Gasteiger partial charge >= 0.3 is 6.09 Å². The zero-order chi connectivity index (χ0) is 30.4. The van der Waals surface area contributed by atoms with E-state index in [4.69, 9.17) is 9.47 Å². The molecule has 2 aromatic carbocycles. The van der Waals surface area contributed by atoms with Gasteiger partial charge in [-0.2, -0.15) is 0 Å². The largest absolute Gasteiger partial charge is 0.440 e. The monoisotopic (exact) mass is 593 g/mol. The number of aliphatic hydroxyl groups excluding tert-OH is 1. The average molecular weight is 594 g/mol. The Balaban J connectivity index is 1.42. The molecule has 1 saturated carbocycles. The standard InChI is InChI=1S/C35H41F2NO5/c1-22-5-3-14-34(2)29(13-15-35(34)21-38(33(41)43-35)20-26-6-4-16-42-26)27-11-8-23(17-25(39)10-7-22)18-28(27)32(40)24-9-12-30(36)31(37)19-24/h5,8-9,11-12,18-19,25-26,29,39H,3-4,6-7,10,13-17,20-21H2,1-2H3. The normalized spacial score (nSPS) is 31.2. The Morgan fingerprint density at radius 2 is 1.93 bits per heavy atom. The number of hydrogen-bond donors (Lipinski definition) is 1. The predicted octanol–water partition coefficient (Wildman–Crippen LogP) is 6.87. The number of hydrogen-bond acceptors (Lipinski definition) is 5. The first kappa shape index (κ1) is 29.9. The van der Waals surface area contributed by atoms with Crippen LogP contribution >= 0.6 is 0 Å². The van der Waals surface area contributed by atoms with Gasteiger partial charge in [0.15, 0.2) is 17.4 Å². The zero-order valence-corrected chi connectivity index (χ0v) is 25.0. The van der Waals surface area contributed by atoms with Gasteiger partial charge in [0, 0.05) is 23.1 Å². The number of nitrogens with zero attached hydrogens (tertiary/aromatic N) is 1. The summed E-state index contributed by atoms with van der Waals surface area (Å²) in [7, 11) is 0. The molecule has 1 N–H and O–H groups in total. The predicted molar refractivity (Wildman–Crippen MR) is 158 cm³/mol. The third kappa shape index (κ3) is 5.64. The molecule has 2 heterocycles. The van der Waals surface area contributed by atoms with Crippen molar-refractivity contribution >= 4 is 11.9 Å². The molecule has 230 valence electrons.